The molecule has 0 fully saturated rings. The average molecular weight is 247 g/mol. The third-order valence-electron chi connectivity index (χ3n) is 2.84. The van der Waals surface area contributed by atoms with Gasteiger partial charge in [-0.05, 0) is 29.8 Å². The minimum Gasteiger partial charge on any atom is -0.461 e. The maximum atomic E-state index is 5.84. The zero-order chi connectivity index (χ0) is 11.8. The average Bonchev–Trinajstić information content (AvgIpc) is 2.97. The van der Waals surface area contributed by atoms with Gasteiger partial charge < -0.3 is 8.98 Å². The van der Waals surface area contributed by atoms with Crippen molar-refractivity contribution in [3.05, 3.63) is 42.2 Å². The fraction of sp³-hybridized carbons (Fsp3) is 0.154. The van der Waals surface area contributed by atoms with Crippen LogP contribution >= 0.6 is 11.6 Å². The van der Waals surface area contributed by atoms with Crippen LogP contribution < -0.4 is 0 Å². The topological polar surface area (TPSA) is 31.0 Å². The van der Waals surface area contributed by atoms with Gasteiger partial charge in [-0.2, -0.15) is 0 Å². The Balaban J connectivity index is 2.25. The Morgan fingerprint density at radius 1 is 1.35 bits per heavy atom. The number of benzene rings is 1. The fourth-order valence-electron chi connectivity index (χ4n) is 1.94. The highest BCUT2D eigenvalue weighted by Gasteiger charge is 2.11. The number of hydrogen-bond acceptors (Lipinski definition) is 2. The minimum absolute atomic E-state index is 0.511. The summed E-state index contributed by atoms with van der Waals surface area (Å²) in [5.74, 6) is 2.12. The lowest BCUT2D eigenvalue weighted by Crippen LogP contribution is -1.91. The molecule has 0 unspecified atom stereocenters. The number of imidazole rings is 1. The van der Waals surface area contributed by atoms with Gasteiger partial charge in [0.25, 0.3) is 0 Å². The summed E-state index contributed by atoms with van der Waals surface area (Å²) in [7, 11) is 1.98. The Kier molecular flexibility index (Phi) is 2.41. The van der Waals surface area contributed by atoms with Gasteiger partial charge in [0.05, 0.1) is 17.3 Å². The summed E-state index contributed by atoms with van der Waals surface area (Å²) in [5.41, 5.74) is 3.11. The van der Waals surface area contributed by atoms with Gasteiger partial charge in [0.2, 0.25) is 0 Å². The van der Waals surface area contributed by atoms with Gasteiger partial charge in [-0.1, -0.05) is 6.07 Å². The van der Waals surface area contributed by atoms with E-state index >= 15 is 0 Å². The molecule has 17 heavy (non-hydrogen) atoms. The maximum Gasteiger partial charge on any atom is 0.176 e. The molecule has 0 bridgehead atoms. The lowest BCUT2D eigenvalue weighted by atomic mass is 10.2. The van der Waals surface area contributed by atoms with Crippen molar-refractivity contribution >= 4 is 22.6 Å². The van der Waals surface area contributed by atoms with E-state index < -0.39 is 0 Å². The highest BCUT2D eigenvalue weighted by Crippen LogP contribution is 2.24. The van der Waals surface area contributed by atoms with Crippen LogP contribution in [0.4, 0.5) is 0 Å². The Bertz CT molecular complexity index is 655. The molecule has 0 saturated heterocycles. The van der Waals surface area contributed by atoms with Crippen LogP contribution in [0.25, 0.3) is 22.6 Å². The third kappa shape index (κ3) is 1.63. The van der Waals surface area contributed by atoms with Crippen LogP contribution in [0.5, 0.6) is 0 Å². The first-order chi connectivity index (χ1) is 8.29. The highest BCUT2D eigenvalue weighted by molar-refractivity contribution is 6.17. The van der Waals surface area contributed by atoms with Crippen LogP contribution in [-0.4, -0.2) is 9.55 Å². The molecular weight excluding hydrogens is 236 g/mol. The van der Waals surface area contributed by atoms with Gasteiger partial charge in [-0.3, -0.25) is 0 Å². The quantitative estimate of drug-likeness (QED) is 0.647. The van der Waals surface area contributed by atoms with Gasteiger partial charge in [0, 0.05) is 12.9 Å². The normalized spacial score (nSPS) is 11.2. The number of fused-ring (bicyclic) bond motifs is 1. The summed E-state index contributed by atoms with van der Waals surface area (Å²) < 4.78 is 7.40. The van der Waals surface area contributed by atoms with E-state index in [4.69, 9.17) is 16.0 Å². The van der Waals surface area contributed by atoms with Crippen molar-refractivity contribution in [3.63, 3.8) is 0 Å². The summed E-state index contributed by atoms with van der Waals surface area (Å²) >= 11 is 5.84. The molecule has 0 N–H and O–H groups in total. The standard InChI is InChI=1S/C13H11ClN2O/c1-16-11-7-9(8-14)4-5-10(11)15-13(16)12-3-2-6-17-12/h2-7H,8H2,1H3. The van der Waals surface area contributed by atoms with Crippen molar-refractivity contribution in [1.82, 2.24) is 9.55 Å². The molecule has 0 aliphatic heterocycles. The zero-order valence-electron chi connectivity index (χ0n) is 9.35. The number of alkyl halides is 1. The van der Waals surface area contributed by atoms with Gasteiger partial charge in [0.15, 0.2) is 11.6 Å². The van der Waals surface area contributed by atoms with E-state index in [0.29, 0.717) is 5.88 Å². The molecule has 4 heteroatoms. The van der Waals surface area contributed by atoms with E-state index in [1.54, 1.807) is 6.26 Å². The number of halogens is 1. The molecule has 1 aromatic carbocycles. The van der Waals surface area contributed by atoms with Crippen LogP contribution in [-0.2, 0) is 12.9 Å². The minimum atomic E-state index is 0.511. The molecule has 0 aliphatic carbocycles. The number of furan rings is 1. The number of hydrogen-bond donors (Lipinski definition) is 0. The number of rotatable bonds is 2. The monoisotopic (exact) mass is 246 g/mol. The molecule has 0 amide bonds. The first-order valence-corrected chi connectivity index (χ1v) is 5.88. The number of aryl methyl sites for hydroxylation is 1. The van der Waals surface area contributed by atoms with E-state index in [1.807, 2.05) is 35.9 Å². The second-order valence-electron chi connectivity index (χ2n) is 3.93. The molecule has 0 atom stereocenters. The van der Waals surface area contributed by atoms with E-state index in [9.17, 15) is 0 Å². The lowest BCUT2D eigenvalue weighted by Gasteiger charge is -1.99. The van der Waals surface area contributed by atoms with Crippen LogP contribution in [0.3, 0.4) is 0 Å². The largest absolute Gasteiger partial charge is 0.461 e. The smallest absolute Gasteiger partial charge is 0.176 e. The molecule has 0 saturated carbocycles. The second kappa shape index (κ2) is 3.93. The molecule has 3 aromatic rings. The summed E-state index contributed by atoms with van der Waals surface area (Å²) in [6.07, 6.45) is 1.65. The molecular formula is C13H11ClN2O. The van der Waals surface area contributed by atoms with Gasteiger partial charge in [-0.15, -0.1) is 11.6 Å². The van der Waals surface area contributed by atoms with Crippen LogP contribution in [0.15, 0.2) is 41.0 Å². The Hall–Kier alpha value is -1.74. The molecule has 0 aliphatic rings. The molecule has 86 valence electrons. The number of nitrogens with zero attached hydrogens (tertiary/aromatic N) is 2. The summed E-state index contributed by atoms with van der Waals surface area (Å²) in [5, 5.41) is 0. The Labute approximate surface area is 104 Å². The zero-order valence-corrected chi connectivity index (χ0v) is 10.1. The fourth-order valence-corrected chi connectivity index (χ4v) is 2.11. The molecule has 0 radical (unpaired) electrons. The van der Waals surface area contributed by atoms with Crippen molar-refractivity contribution in [2.24, 2.45) is 7.05 Å². The molecule has 2 heterocycles. The summed E-state index contributed by atoms with van der Waals surface area (Å²) in [6, 6.07) is 9.80. The van der Waals surface area contributed by atoms with Crippen molar-refractivity contribution in [2.45, 2.75) is 5.88 Å². The van der Waals surface area contributed by atoms with Crippen molar-refractivity contribution in [3.8, 4) is 11.6 Å². The van der Waals surface area contributed by atoms with Crippen LogP contribution in [0.1, 0.15) is 5.56 Å². The van der Waals surface area contributed by atoms with Gasteiger partial charge >= 0.3 is 0 Å². The van der Waals surface area contributed by atoms with Crippen LogP contribution in [0, 0.1) is 0 Å². The lowest BCUT2D eigenvalue weighted by molar-refractivity contribution is 0.574. The van der Waals surface area contributed by atoms with E-state index in [0.717, 1.165) is 28.2 Å². The molecule has 3 nitrogen and oxygen atoms in total. The first-order valence-electron chi connectivity index (χ1n) is 5.35. The molecule has 2 aromatic heterocycles. The van der Waals surface area contributed by atoms with E-state index in [2.05, 4.69) is 11.1 Å². The number of aromatic nitrogens is 2. The van der Waals surface area contributed by atoms with Crippen LogP contribution in [0.2, 0.25) is 0 Å². The SMILES string of the molecule is Cn1c(-c2ccco2)nc2ccc(CCl)cc21. The third-order valence-corrected chi connectivity index (χ3v) is 3.15. The van der Waals surface area contributed by atoms with E-state index in [1.165, 1.54) is 0 Å². The second-order valence-corrected chi connectivity index (χ2v) is 4.20. The van der Waals surface area contributed by atoms with Crippen molar-refractivity contribution in [1.29, 1.82) is 0 Å². The van der Waals surface area contributed by atoms with Gasteiger partial charge in [-0.25, -0.2) is 4.98 Å². The highest BCUT2D eigenvalue weighted by atomic mass is 35.5. The summed E-state index contributed by atoms with van der Waals surface area (Å²) in [4.78, 5) is 4.56. The van der Waals surface area contributed by atoms with Crippen molar-refractivity contribution < 1.29 is 4.42 Å². The maximum absolute atomic E-state index is 5.84. The van der Waals surface area contributed by atoms with Gasteiger partial charge in [0.1, 0.15) is 0 Å². The Morgan fingerprint density at radius 2 is 2.24 bits per heavy atom. The van der Waals surface area contributed by atoms with E-state index in [-0.39, 0.29) is 0 Å². The molecule has 0 spiro atoms. The van der Waals surface area contributed by atoms with Crippen molar-refractivity contribution in [2.75, 3.05) is 0 Å². The summed E-state index contributed by atoms with van der Waals surface area (Å²) in [6.45, 7) is 0. The Morgan fingerprint density at radius 3 is 2.94 bits per heavy atom. The predicted molar refractivity (Wildman–Crippen MR) is 68.0 cm³/mol. The first kappa shape index (κ1) is 10.4. The predicted octanol–water partition coefficient (Wildman–Crippen LogP) is 3.57. The molecule has 3 rings (SSSR count).